The third kappa shape index (κ3) is 4.40. The van der Waals surface area contributed by atoms with Crippen LogP contribution in [0.1, 0.15) is 61.8 Å². The Kier molecular flexibility index (Phi) is 5.82. The van der Waals surface area contributed by atoms with E-state index < -0.39 is 24.6 Å². The first-order chi connectivity index (χ1) is 16.2. The van der Waals surface area contributed by atoms with Gasteiger partial charge in [0.15, 0.2) is 12.6 Å². The summed E-state index contributed by atoms with van der Waals surface area (Å²) in [6.45, 7) is 8.03. The molecule has 34 heavy (non-hydrogen) atoms. The van der Waals surface area contributed by atoms with Crippen molar-refractivity contribution in [3.63, 3.8) is 0 Å². The molecule has 6 nitrogen and oxygen atoms in total. The van der Waals surface area contributed by atoms with Crippen molar-refractivity contribution < 1.29 is 23.6 Å². The summed E-state index contributed by atoms with van der Waals surface area (Å²) in [6.07, 6.45) is -0.756. The van der Waals surface area contributed by atoms with Crippen molar-refractivity contribution in [1.82, 2.24) is 0 Å². The molecule has 0 saturated carbocycles. The van der Waals surface area contributed by atoms with Crippen molar-refractivity contribution in [3.05, 3.63) is 95.6 Å². The van der Waals surface area contributed by atoms with E-state index in [-0.39, 0.29) is 12.2 Å². The summed E-state index contributed by atoms with van der Waals surface area (Å²) in [6, 6.07) is 24.6. The van der Waals surface area contributed by atoms with Crippen molar-refractivity contribution in [1.29, 1.82) is 0 Å². The average Bonchev–Trinajstić information content (AvgIpc) is 3.02. The van der Waals surface area contributed by atoms with E-state index in [2.05, 4.69) is 5.32 Å². The van der Waals surface area contributed by atoms with Crippen LogP contribution in [0.4, 0.5) is 5.69 Å². The molecule has 1 amide bonds. The lowest BCUT2D eigenvalue weighted by Crippen LogP contribution is -2.41. The van der Waals surface area contributed by atoms with Crippen molar-refractivity contribution in [2.24, 2.45) is 0 Å². The maximum Gasteiger partial charge on any atom is 0.494 e. The second-order valence-corrected chi connectivity index (χ2v) is 9.64. The maximum atomic E-state index is 12.9. The van der Waals surface area contributed by atoms with Gasteiger partial charge >= 0.3 is 7.12 Å². The molecule has 3 aromatic carbocycles. The number of ether oxygens (including phenoxy) is 2. The summed E-state index contributed by atoms with van der Waals surface area (Å²) in [5, 5.41) is 2.94. The number of carbonyl (C=O) groups is 1. The van der Waals surface area contributed by atoms with Gasteiger partial charge in [-0.3, -0.25) is 4.79 Å². The van der Waals surface area contributed by atoms with E-state index in [0.717, 1.165) is 16.6 Å². The molecule has 0 aromatic heterocycles. The Labute approximate surface area is 200 Å². The Balaban J connectivity index is 1.20. The Bertz CT molecular complexity index is 1160. The molecule has 5 rings (SSSR count). The second-order valence-electron chi connectivity index (χ2n) is 9.64. The molecule has 0 spiro atoms. The molecule has 2 aliphatic rings. The number of hydrogen-bond donors (Lipinski definition) is 1. The molecule has 3 aromatic rings. The minimum Gasteiger partial charge on any atom is -0.399 e. The van der Waals surface area contributed by atoms with Crippen LogP contribution < -0.4 is 10.8 Å². The topological polar surface area (TPSA) is 66.0 Å². The van der Waals surface area contributed by atoms with Crippen LogP contribution >= 0.6 is 0 Å². The van der Waals surface area contributed by atoms with Crippen LogP contribution in [0, 0.1) is 0 Å². The number of amides is 1. The van der Waals surface area contributed by atoms with Crippen LogP contribution in [0.2, 0.25) is 0 Å². The summed E-state index contributed by atoms with van der Waals surface area (Å²) in [5.41, 5.74) is 3.05. The molecule has 174 valence electrons. The van der Waals surface area contributed by atoms with Crippen molar-refractivity contribution >= 4 is 24.2 Å². The summed E-state index contributed by atoms with van der Waals surface area (Å²) in [7, 11) is -0.515. The molecule has 0 aliphatic carbocycles. The molecular formula is C27H28BNO5. The molecule has 7 heteroatoms. The fourth-order valence-electron chi connectivity index (χ4n) is 3.89. The highest BCUT2D eigenvalue weighted by Crippen LogP contribution is 2.41. The molecule has 2 heterocycles. The minimum atomic E-state index is -0.515. The lowest BCUT2D eigenvalue weighted by atomic mass is 9.78. The van der Waals surface area contributed by atoms with Crippen molar-refractivity contribution in [2.45, 2.75) is 51.5 Å². The van der Waals surface area contributed by atoms with Gasteiger partial charge in [-0.25, -0.2) is 0 Å². The quantitative estimate of drug-likeness (QED) is 0.548. The van der Waals surface area contributed by atoms with Crippen molar-refractivity contribution in [3.8, 4) is 0 Å². The Morgan fingerprint density at radius 2 is 1.35 bits per heavy atom. The molecule has 2 fully saturated rings. The molecule has 0 radical (unpaired) electrons. The summed E-state index contributed by atoms with van der Waals surface area (Å²) >= 11 is 0. The first-order valence-corrected chi connectivity index (χ1v) is 11.4. The van der Waals surface area contributed by atoms with Crippen LogP contribution in [0.5, 0.6) is 0 Å². The van der Waals surface area contributed by atoms with Crippen LogP contribution in [0.25, 0.3) is 0 Å². The number of rotatable bonds is 5. The zero-order valence-corrected chi connectivity index (χ0v) is 19.8. The summed E-state index contributed by atoms with van der Waals surface area (Å²) in [4.78, 5) is 12.9. The zero-order chi connectivity index (χ0) is 23.9. The molecule has 0 bridgehead atoms. The second kappa shape index (κ2) is 8.67. The highest BCUT2D eigenvalue weighted by Gasteiger charge is 2.51. The first kappa shape index (κ1) is 22.8. The summed E-state index contributed by atoms with van der Waals surface area (Å²) < 4.78 is 23.9. The standard InChI is InChI=1S/C27H28BNO5/c1-26(2)27(3,4)34-28(33-26)21-12-8-11-20(17-21)23(30)29-22-15-13-19(14-16-22)25-31-24(32-25)18-9-6-5-7-10-18/h5-17,24-25H,1-4H3,(H,29,30). The van der Waals surface area contributed by atoms with E-state index in [9.17, 15) is 4.79 Å². The number of carbonyl (C=O) groups excluding carboxylic acids is 1. The molecule has 2 saturated heterocycles. The van der Waals surface area contributed by atoms with Gasteiger partial charge in [0, 0.05) is 22.4 Å². The normalized spacial score (nSPS) is 22.8. The first-order valence-electron chi connectivity index (χ1n) is 11.4. The fourth-order valence-corrected chi connectivity index (χ4v) is 3.89. The third-order valence-corrected chi connectivity index (χ3v) is 6.68. The predicted molar refractivity (Wildman–Crippen MR) is 131 cm³/mol. The van der Waals surface area contributed by atoms with Gasteiger partial charge in [0.1, 0.15) is 0 Å². The Hall–Kier alpha value is -2.97. The van der Waals surface area contributed by atoms with Gasteiger partial charge < -0.3 is 24.1 Å². The van der Waals surface area contributed by atoms with Crippen LogP contribution in [0.15, 0.2) is 78.9 Å². The number of anilines is 1. The van der Waals surface area contributed by atoms with Gasteiger partial charge in [0.2, 0.25) is 0 Å². The van der Waals surface area contributed by atoms with E-state index in [0.29, 0.717) is 11.3 Å². The number of benzene rings is 3. The highest BCUT2D eigenvalue weighted by molar-refractivity contribution is 6.62. The lowest BCUT2D eigenvalue weighted by Gasteiger charge is -2.36. The monoisotopic (exact) mass is 457 g/mol. The molecular weight excluding hydrogens is 429 g/mol. The van der Waals surface area contributed by atoms with Gasteiger partial charge in [0.25, 0.3) is 5.91 Å². The molecule has 0 atom stereocenters. The van der Waals surface area contributed by atoms with E-state index >= 15 is 0 Å². The largest absolute Gasteiger partial charge is 0.494 e. The third-order valence-electron chi connectivity index (χ3n) is 6.68. The van der Waals surface area contributed by atoms with Gasteiger partial charge in [-0.15, -0.1) is 0 Å². The van der Waals surface area contributed by atoms with Gasteiger partial charge in [-0.1, -0.05) is 54.6 Å². The van der Waals surface area contributed by atoms with Gasteiger partial charge in [-0.05, 0) is 57.4 Å². The van der Waals surface area contributed by atoms with E-state index in [4.69, 9.17) is 18.8 Å². The lowest BCUT2D eigenvalue weighted by molar-refractivity contribution is -0.397. The van der Waals surface area contributed by atoms with Crippen LogP contribution in [-0.4, -0.2) is 24.2 Å². The number of hydrogen-bond acceptors (Lipinski definition) is 5. The average molecular weight is 457 g/mol. The van der Waals surface area contributed by atoms with E-state index in [1.54, 1.807) is 6.07 Å². The van der Waals surface area contributed by atoms with E-state index in [1.807, 2.05) is 100 Å². The molecule has 2 aliphatic heterocycles. The maximum absolute atomic E-state index is 12.9. The van der Waals surface area contributed by atoms with Crippen LogP contribution in [0.3, 0.4) is 0 Å². The van der Waals surface area contributed by atoms with Crippen LogP contribution in [-0.2, 0) is 18.8 Å². The van der Waals surface area contributed by atoms with Gasteiger partial charge in [-0.2, -0.15) is 0 Å². The summed E-state index contributed by atoms with van der Waals surface area (Å²) in [5.74, 6) is -0.202. The molecule has 0 unspecified atom stereocenters. The Morgan fingerprint density at radius 3 is 1.97 bits per heavy atom. The van der Waals surface area contributed by atoms with Gasteiger partial charge in [0.05, 0.1) is 11.2 Å². The fraction of sp³-hybridized carbons (Fsp3) is 0.296. The molecule has 1 N–H and O–H groups in total. The minimum absolute atomic E-state index is 0.202. The van der Waals surface area contributed by atoms with E-state index in [1.165, 1.54) is 0 Å². The number of nitrogens with one attached hydrogen (secondary N) is 1. The smallest absolute Gasteiger partial charge is 0.399 e. The predicted octanol–water partition coefficient (Wildman–Crippen LogP) is 4.98. The Morgan fingerprint density at radius 1 is 0.765 bits per heavy atom. The van der Waals surface area contributed by atoms with Crippen molar-refractivity contribution in [2.75, 3.05) is 5.32 Å². The SMILES string of the molecule is CC1(C)OB(c2cccc(C(=O)Nc3ccc(C4OC(c5ccccc5)O4)cc3)c2)OC1(C)C. The zero-order valence-electron chi connectivity index (χ0n) is 19.8. The highest BCUT2D eigenvalue weighted by atomic mass is 16.9.